The number of carbonyl (C=O) groups is 2. The molecule has 2 aromatic carbocycles. The number of ether oxygens (including phenoxy) is 2. The van der Waals surface area contributed by atoms with Gasteiger partial charge in [0.05, 0.1) is 11.6 Å². The number of nitrogens with one attached hydrogen (secondary N) is 1. The fraction of sp³-hybridized carbons (Fsp3) is 0.500. The van der Waals surface area contributed by atoms with E-state index < -0.39 is 12.6 Å². The first-order valence-electron chi connectivity index (χ1n) is 12.6. The minimum Gasteiger partial charge on any atom is -0.497 e. The highest BCUT2D eigenvalue weighted by Gasteiger charge is 2.17. The lowest BCUT2D eigenvalue weighted by molar-refractivity contribution is -0.139. The lowest BCUT2D eigenvalue weighted by Gasteiger charge is -2.15. The first kappa shape index (κ1) is 28.7. The molecule has 0 aliphatic heterocycles. The Bertz CT molecular complexity index is 930. The van der Waals surface area contributed by atoms with Crippen LogP contribution in [0.4, 0.5) is 0 Å². The van der Waals surface area contributed by atoms with Crippen molar-refractivity contribution in [3.8, 4) is 22.6 Å². The molecule has 0 saturated carbocycles. The third-order valence-electron chi connectivity index (χ3n) is 5.86. The van der Waals surface area contributed by atoms with Gasteiger partial charge in [0.2, 0.25) is 0 Å². The van der Waals surface area contributed by atoms with Crippen LogP contribution < -0.4 is 14.8 Å². The van der Waals surface area contributed by atoms with Gasteiger partial charge >= 0.3 is 5.97 Å². The minimum atomic E-state index is -1.07. The number of carboxylic acid groups (broad SMARTS) is 1. The van der Waals surface area contributed by atoms with E-state index >= 15 is 0 Å². The first-order chi connectivity index (χ1) is 17.0. The van der Waals surface area contributed by atoms with Crippen LogP contribution in [0.1, 0.15) is 81.5 Å². The third-order valence-corrected chi connectivity index (χ3v) is 6.45. The molecule has 1 amide bonds. The molecule has 2 N–H and O–H groups in total. The zero-order valence-corrected chi connectivity index (χ0v) is 22.5. The fourth-order valence-electron chi connectivity index (χ4n) is 3.91. The second-order valence-corrected chi connectivity index (χ2v) is 9.54. The summed E-state index contributed by atoms with van der Waals surface area (Å²) >= 11 is 3.46. The highest BCUT2D eigenvalue weighted by molar-refractivity contribution is 9.10. The van der Waals surface area contributed by atoms with Crippen molar-refractivity contribution in [3.05, 3.63) is 46.4 Å². The van der Waals surface area contributed by atoms with Crippen LogP contribution in [0.25, 0.3) is 11.1 Å². The van der Waals surface area contributed by atoms with E-state index in [2.05, 4.69) is 28.2 Å². The Balaban J connectivity index is 1.94. The van der Waals surface area contributed by atoms with Crippen molar-refractivity contribution < 1.29 is 24.2 Å². The fourth-order valence-corrected chi connectivity index (χ4v) is 4.48. The van der Waals surface area contributed by atoms with Gasteiger partial charge in [-0.2, -0.15) is 0 Å². The molecule has 0 spiro atoms. The Morgan fingerprint density at radius 2 is 1.51 bits per heavy atom. The van der Waals surface area contributed by atoms with Gasteiger partial charge in [-0.15, -0.1) is 0 Å². The number of rotatable bonds is 17. The van der Waals surface area contributed by atoms with E-state index in [9.17, 15) is 9.59 Å². The average Bonchev–Trinajstić information content (AvgIpc) is 2.86. The van der Waals surface area contributed by atoms with Crippen molar-refractivity contribution in [2.45, 2.75) is 71.1 Å². The Kier molecular flexibility index (Phi) is 13.3. The third kappa shape index (κ3) is 10.3. The van der Waals surface area contributed by atoms with Gasteiger partial charge in [-0.25, -0.2) is 4.79 Å². The number of benzene rings is 2. The van der Waals surface area contributed by atoms with E-state index in [0.29, 0.717) is 33.6 Å². The summed E-state index contributed by atoms with van der Waals surface area (Å²) in [5, 5.41) is 12.1. The van der Waals surface area contributed by atoms with Gasteiger partial charge in [-0.3, -0.25) is 4.79 Å². The number of carbonyl (C=O) groups excluding carboxylic acids is 1. The van der Waals surface area contributed by atoms with Gasteiger partial charge in [0.25, 0.3) is 5.91 Å². The zero-order chi connectivity index (χ0) is 25.5. The number of unbranched alkanes of at least 4 members (excludes halogenated alkanes) is 9. The maximum absolute atomic E-state index is 12.8. The Morgan fingerprint density at radius 1 is 0.914 bits per heavy atom. The standard InChI is InChI=1S/C28H38BrNO5/c1-3-4-5-6-7-8-9-10-11-12-17-30-28(33)22-18-24(21-13-15-23(34-2)16-14-21)27(25(29)19-22)35-20-26(31)32/h13-16,18-19H,3-12,17,20H2,1-2H3,(H,30,33)(H,31,32). The molecule has 0 aliphatic carbocycles. The molecule has 0 aromatic heterocycles. The molecule has 0 aliphatic rings. The number of carboxylic acids is 1. The summed E-state index contributed by atoms with van der Waals surface area (Å²) in [5.74, 6) is -0.160. The van der Waals surface area contributed by atoms with Gasteiger partial charge in [-0.05, 0) is 52.2 Å². The van der Waals surface area contributed by atoms with Crippen LogP contribution in [0.3, 0.4) is 0 Å². The molecular formula is C28H38BrNO5. The summed E-state index contributed by atoms with van der Waals surface area (Å²) in [6, 6.07) is 10.7. The summed E-state index contributed by atoms with van der Waals surface area (Å²) < 4.78 is 11.3. The molecule has 0 atom stereocenters. The van der Waals surface area contributed by atoms with E-state index in [-0.39, 0.29) is 5.91 Å². The van der Waals surface area contributed by atoms with Crippen molar-refractivity contribution in [2.24, 2.45) is 0 Å². The number of amides is 1. The van der Waals surface area contributed by atoms with E-state index in [1.54, 1.807) is 19.2 Å². The number of hydrogen-bond donors (Lipinski definition) is 2. The highest BCUT2D eigenvalue weighted by Crippen LogP contribution is 2.38. The largest absolute Gasteiger partial charge is 0.497 e. The van der Waals surface area contributed by atoms with Crippen LogP contribution in [0, 0.1) is 0 Å². The van der Waals surface area contributed by atoms with E-state index in [4.69, 9.17) is 14.6 Å². The second-order valence-electron chi connectivity index (χ2n) is 8.68. The Hall–Kier alpha value is -2.54. The van der Waals surface area contributed by atoms with Crippen LogP contribution in [-0.4, -0.2) is 37.2 Å². The van der Waals surface area contributed by atoms with E-state index in [1.807, 2.05) is 24.3 Å². The Morgan fingerprint density at radius 3 is 2.09 bits per heavy atom. The van der Waals surface area contributed by atoms with Crippen molar-refractivity contribution in [1.29, 1.82) is 0 Å². The van der Waals surface area contributed by atoms with Crippen molar-refractivity contribution >= 4 is 27.8 Å². The molecule has 0 bridgehead atoms. The topological polar surface area (TPSA) is 84.9 Å². The molecule has 35 heavy (non-hydrogen) atoms. The Labute approximate surface area is 217 Å². The molecule has 0 saturated heterocycles. The van der Waals surface area contributed by atoms with Crippen molar-refractivity contribution in [1.82, 2.24) is 5.32 Å². The normalized spacial score (nSPS) is 10.7. The second kappa shape index (κ2) is 16.2. The van der Waals surface area contributed by atoms with Crippen LogP contribution in [0.2, 0.25) is 0 Å². The van der Waals surface area contributed by atoms with Gasteiger partial charge < -0.3 is 19.9 Å². The van der Waals surface area contributed by atoms with Crippen LogP contribution in [0.15, 0.2) is 40.9 Å². The number of methoxy groups -OCH3 is 1. The first-order valence-corrected chi connectivity index (χ1v) is 13.4. The summed E-state index contributed by atoms with van der Waals surface area (Å²) in [7, 11) is 1.59. The van der Waals surface area contributed by atoms with Gasteiger partial charge in [-0.1, -0.05) is 76.8 Å². The molecule has 0 heterocycles. The number of halogens is 1. The van der Waals surface area contributed by atoms with Crippen LogP contribution in [-0.2, 0) is 4.79 Å². The van der Waals surface area contributed by atoms with Gasteiger partial charge in [0, 0.05) is 17.7 Å². The van der Waals surface area contributed by atoms with Gasteiger partial charge in [0.15, 0.2) is 6.61 Å². The monoisotopic (exact) mass is 547 g/mol. The zero-order valence-electron chi connectivity index (χ0n) is 20.9. The summed E-state index contributed by atoms with van der Waals surface area (Å²) in [5.41, 5.74) is 1.90. The summed E-state index contributed by atoms with van der Waals surface area (Å²) in [6.45, 7) is 2.39. The molecular weight excluding hydrogens is 510 g/mol. The summed E-state index contributed by atoms with van der Waals surface area (Å²) in [6.07, 6.45) is 12.5. The summed E-state index contributed by atoms with van der Waals surface area (Å²) in [4.78, 5) is 23.9. The minimum absolute atomic E-state index is 0.166. The molecule has 0 fully saturated rings. The molecule has 7 heteroatoms. The quantitative estimate of drug-likeness (QED) is 0.204. The number of aliphatic carboxylic acids is 1. The van der Waals surface area contributed by atoms with Crippen molar-refractivity contribution in [2.75, 3.05) is 20.3 Å². The van der Waals surface area contributed by atoms with Crippen LogP contribution in [0.5, 0.6) is 11.5 Å². The maximum Gasteiger partial charge on any atom is 0.341 e. The predicted octanol–water partition coefficient (Wildman–Crippen LogP) is 7.24. The maximum atomic E-state index is 12.8. The SMILES string of the molecule is CCCCCCCCCCCCNC(=O)c1cc(Br)c(OCC(=O)O)c(-c2ccc(OC)cc2)c1. The smallest absolute Gasteiger partial charge is 0.341 e. The molecule has 0 unspecified atom stereocenters. The van der Waals surface area contributed by atoms with Crippen molar-refractivity contribution in [3.63, 3.8) is 0 Å². The molecule has 192 valence electrons. The molecule has 6 nitrogen and oxygen atoms in total. The van der Waals surface area contributed by atoms with Gasteiger partial charge in [0.1, 0.15) is 11.5 Å². The highest BCUT2D eigenvalue weighted by atomic mass is 79.9. The van der Waals surface area contributed by atoms with E-state index in [1.165, 1.54) is 51.4 Å². The van der Waals surface area contributed by atoms with E-state index in [0.717, 1.165) is 18.4 Å². The molecule has 2 aromatic rings. The molecule has 0 radical (unpaired) electrons. The lowest BCUT2D eigenvalue weighted by Crippen LogP contribution is -2.24. The number of hydrogen-bond acceptors (Lipinski definition) is 4. The predicted molar refractivity (Wildman–Crippen MR) is 143 cm³/mol. The molecule has 2 rings (SSSR count). The average molecular weight is 549 g/mol. The lowest BCUT2D eigenvalue weighted by atomic mass is 10.0. The van der Waals surface area contributed by atoms with Crippen LogP contribution >= 0.6 is 15.9 Å².